The Morgan fingerprint density at radius 1 is 1.32 bits per heavy atom. The molecule has 0 bridgehead atoms. The number of carbonyl (C=O) groups is 1. The third-order valence-electron chi connectivity index (χ3n) is 3.19. The lowest BCUT2D eigenvalue weighted by molar-refractivity contribution is -0.121. The summed E-state index contributed by atoms with van der Waals surface area (Å²) in [5.74, 6) is -0.731. The van der Waals surface area contributed by atoms with Crippen LogP contribution >= 0.6 is 0 Å². The number of halogens is 1. The molecular weight excluding hydrogens is 283 g/mol. The highest BCUT2D eigenvalue weighted by molar-refractivity contribution is 5.77. The van der Waals surface area contributed by atoms with Crippen molar-refractivity contribution in [3.63, 3.8) is 0 Å². The number of nitrogens with two attached hydrogens (primary N) is 1. The van der Waals surface area contributed by atoms with E-state index in [-0.39, 0.29) is 12.4 Å². The van der Waals surface area contributed by atoms with Crippen molar-refractivity contribution in [3.8, 4) is 6.07 Å². The van der Waals surface area contributed by atoms with Crippen LogP contribution in [0.1, 0.15) is 11.3 Å². The van der Waals surface area contributed by atoms with Gasteiger partial charge in [0, 0.05) is 6.54 Å². The Balaban J connectivity index is 2.01. The number of nitrogens with one attached hydrogen (secondary N) is 1. The molecule has 112 valence electrons. The maximum absolute atomic E-state index is 12.9. The average molecular weight is 298 g/mol. The lowest BCUT2D eigenvalue weighted by Gasteiger charge is -2.15. The van der Waals surface area contributed by atoms with Gasteiger partial charge in [-0.05, 0) is 36.2 Å². The second-order valence-electron chi connectivity index (χ2n) is 4.83. The minimum absolute atomic E-state index is 0.286. The predicted octanol–water partition coefficient (Wildman–Crippen LogP) is 1.85. The van der Waals surface area contributed by atoms with Crippen molar-refractivity contribution in [1.29, 1.82) is 5.26 Å². The number of rotatable bonds is 6. The molecule has 0 aliphatic heterocycles. The normalized spacial score (nSPS) is 11.5. The van der Waals surface area contributed by atoms with E-state index < -0.39 is 11.8 Å². The first-order valence-electron chi connectivity index (χ1n) is 6.73. The van der Waals surface area contributed by atoms with Gasteiger partial charge in [0.2, 0.25) is 5.91 Å². The number of carbonyl (C=O) groups excluding carboxylic acids is 1. The third-order valence-corrected chi connectivity index (χ3v) is 3.19. The van der Waals surface area contributed by atoms with Crippen LogP contribution < -0.4 is 11.1 Å². The molecule has 1 heterocycles. The third kappa shape index (κ3) is 4.28. The molecule has 1 aromatic heterocycles. The van der Waals surface area contributed by atoms with E-state index in [0.29, 0.717) is 17.9 Å². The number of anilines is 1. The van der Waals surface area contributed by atoms with Gasteiger partial charge < -0.3 is 11.1 Å². The van der Waals surface area contributed by atoms with E-state index in [1.54, 1.807) is 30.3 Å². The molecule has 0 saturated heterocycles. The van der Waals surface area contributed by atoms with Crippen LogP contribution in [0, 0.1) is 23.1 Å². The number of nitriles is 1. The van der Waals surface area contributed by atoms with E-state index in [4.69, 9.17) is 11.0 Å². The maximum atomic E-state index is 12.9. The highest BCUT2D eigenvalue weighted by atomic mass is 19.1. The van der Waals surface area contributed by atoms with E-state index in [1.807, 2.05) is 6.07 Å². The van der Waals surface area contributed by atoms with Gasteiger partial charge >= 0.3 is 0 Å². The second kappa shape index (κ2) is 7.18. The molecule has 1 atom stereocenters. The summed E-state index contributed by atoms with van der Waals surface area (Å²) in [5, 5.41) is 11.8. The van der Waals surface area contributed by atoms with E-state index in [0.717, 1.165) is 5.56 Å². The highest BCUT2D eigenvalue weighted by Crippen LogP contribution is 2.12. The molecule has 3 N–H and O–H groups in total. The van der Waals surface area contributed by atoms with Crippen molar-refractivity contribution in [2.75, 3.05) is 11.9 Å². The van der Waals surface area contributed by atoms with Crippen LogP contribution in [0.25, 0.3) is 0 Å². The molecule has 1 amide bonds. The Bertz CT molecular complexity index is 694. The first kappa shape index (κ1) is 15.4. The smallest absolute Gasteiger partial charge is 0.222 e. The molecule has 6 heteroatoms. The molecule has 22 heavy (non-hydrogen) atoms. The number of hydrogen-bond acceptors (Lipinski definition) is 4. The van der Waals surface area contributed by atoms with Crippen LogP contribution in [0.5, 0.6) is 0 Å². The summed E-state index contributed by atoms with van der Waals surface area (Å²) in [6.07, 6.45) is 0.403. The molecule has 5 nitrogen and oxygen atoms in total. The van der Waals surface area contributed by atoms with Crippen LogP contribution in [0.2, 0.25) is 0 Å². The van der Waals surface area contributed by atoms with Gasteiger partial charge in [-0.3, -0.25) is 4.79 Å². The Labute approximate surface area is 127 Å². The Hall–Kier alpha value is -2.94. The van der Waals surface area contributed by atoms with Crippen molar-refractivity contribution in [1.82, 2.24) is 4.98 Å². The van der Waals surface area contributed by atoms with Crippen LogP contribution in [-0.2, 0) is 11.2 Å². The zero-order valence-electron chi connectivity index (χ0n) is 11.8. The van der Waals surface area contributed by atoms with Gasteiger partial charge in [0.15, 0.2) is 0 Å². The Kier molecular flexibility index (Phi) is 5.04. The van der Waals surface area contributed by atoms with Gasteiger partial charge in [-0.15, -0.1) is 0 Å². The lowest BCUT2D eigenvalue weighted by Crippen LogP contribution is -2.31. The van der Waals surface area contributed by atoms with Gasteiger partial charge in [0.25, 0.3) is 0 Å². The summed E-state index contributed by atoms with van der Waals surface area (Å²) in [6.45, 7) is 0.286. The topological polar surface area (TPSA) is 91.8 Å². The van der Waals surface area contributed by atoms with E-state index in [9.17, 15) is 9.18 Å². The zero-order chi connectivity index (χ0) is 15.9. The van der Waals surface area contributed by atoms with Crippen LogP contribution in [0.15, 0.2) is 42.5 Å². The van der Waals surface area contributed by atoms with Crippen LogP contribution in [0.4, 0.5) is 10.2 Å². The van der Waals surface area contributed by atoms with Crippen molar-refractivity contribution in [3.05, 3.63) is 59.5 Å². The minimum atomic E-state index is -0.460. The van der Waals surface area contributed by atoms with Crippen molar-refractivity contribution >= 4 is 11.7 Å². The quantitative estimate of drug-likeness (QED) is 0.851. The summed E-state index contributed by atoms with van der Waals surface area (Å²) in [7, 11) is 0. The molecule has 0 spiro atoms. The van der Waals surface area contributed by atoms with Gasteiger partial charge in [-0.2, -0.15) is 5.26 Å². The summed E-state index contributed by atoms with van der Waals surface area (Å²) >= 11 is 0. The monoisotopic (exact) mass is 298 g/mol. The number of hydrogen-bond donors (Lipinski definition) is 2. The molecule has 1 unspecified atom stereocenters. The number of nitrogens with zero attached hydrogens (tertiary/aromatic N) is 2. The van der Waals surface area contributed by atoms with Crippen LogP contribution in [0.3, 0.4) is 0 Å². The summed E-state index contributed by atoms with van der Waals surface area (Å²) in [4.78, 5) is 15.6. The Morgan fingerprint density at radius 3 is 2.68 bits per heavy atom. The first-order chi connectivity index (χ1) is 10.6. The van der Waals surface area contributed by atoms with E-state index >= 15 is 0 Å². The van der Waals surface area contributed by atoms with Crippen LogP contribution in [-0.4, -0.2) is 17.4 Å². The maximum Gasteiger partial charge on any atom is 0.222 e. The number of primary amides is 1. The summed E-state index contributed by atoms with van der Waals surface area (Å²) in [6, 6.07) is 12.9. The predicted molar refractivity (Wildman–Crippen MR) is 80.2 cm³/mol. The fourth-order valence-corrected chi connectivity index (χ4v) is 2.00. The fourth-order valence-electron chi connectivity index (χ4n) is 2.00. The summed E-state index contributed by atoms with van der Waals surface area (Å²) < 4.78 is 12.9. The molecule has 0 radical (unpaired) electrons. The van der Waals surface area contributed by atoms with Gasteiger partial charge in [0.1, 0.15) is 23.4 Å². The van der Waals surface area contributed by atoms with Crippen molar-refractivity contribution in [2.45, 2.75) is 6.42 Å². The fraction of sp³-hybridized carbons (Fsp3) is 0.188. The lowest BCUT2D eigenvalue weighted by atomic mass is 9.98. The number of pyridine rings is 1. The van der Waals surface area contributed by atoms with Crippen molar-refractivity contribution in [2.24, 2.45) is 11.7 Å². The average Bonchev–Trinajstić information content (AvgIpc) is 2.53. The molecular formula is C16H15FN4O. The SMILES string of the molecule is N#Cc1cccc(NCC(Cc2ccc(F)cc2)C(N)=O)n1. The molecule has 2 aromatic rings. The van der Waals surface area contributed by atoms with Gasteiger partial charge in [-0.25, -0.2) is 9.37 Å². The number of amides is 1. The van der Waals surface area contributed by atoms with Crippen molar-refractivity contribution < 1.29 is 9.18 Å². The highest BCUT2D eigenvalue weighted by Gasteiger charge is 2.16. The standard InChI is InChI=1S/C16H15FN4O/c17-13-6-4-11(5-7-13)8-12(16(19)22)10-20-15-3-1-2-14(9-18)21-15/h1-7,12H,8,10H2,(H2,19,22)(H,20,21). The molecule has 2 rings (SSSR count). The second-order valence-corrected chi connectivity index (χ2v) is 4.83. The molecule has 0 saturated carbocycles. The van der Waals surface area contributed by atoms with Gasteiger partial charge in [0.05, 0.1) is 5.92 Å². The zero-order valence-corrected chi connectivity index (χ0v) is 11.8. The Morgan fingerprint density at radius 2 is 2.05 bits per heavy atom. The molecule has 0 aliphatic rings. The summed E-state index contributed by atoms with van der Waals surface area (Å²) in [5.41, 5.74) is 6.52. The molecule has 1 aromatic carbocycles. The minimum Gasteiger partial charge on any atom is -0.369 e. The number of benzene rings is 1. The van der Waals surface area contributed by atoms with E-state index in [2.05, 4.69) is 10.3 Å². The molecule has 0 fully saturated rings. The van der Waals surface area contributed by atoms with E-state index in [1.165, 1.54) is 12.1 Å². The van der Waals surface area contributed by atoms with Gasteiger partial charge in [-0.1, -0.05) is 18.2 Å². The first-order valence-corrected chi connectivity index (χ1v) is 6.73. The number of aromatic nitrogens is 1. The largest absolute Gasteiger partial charge is 0.369 e. The molecule has 0 aliphatic carbocycles.